The van der Waals surface area contributed by atoms with Crippen molar-refractivity contribution in [3.8, 4) is 29.3 Å². The molecule has 0 spiro atoms. The second-order valence-electron chi connectivity index (χ2n) is 5.65. The van der Waals surface area contributed by atoms with Gasteiger partial charge in [-0.2, -0.15) is 9.97 Å². The highest BCUT2D eigenvalue weighted by atomic mass is 32.2. The molecule has 1 aliphatic rings. The number of carbonyl (C=O) groups is 2. The number of rotatable bonds is 7. The van der Waals surface area contributed by atoms with Gasteiger partial charge in [0.1, 0.15) is 17.1 Å². The fraction of sp³-hybridized carbons (Fsp3) is 0.333. The van der Waals surface area contributed by atoms with Crippen LogP contribution in [-0.2, 0) is 4.79 Å². The van der Waals surface area contributed by atoms with Crippen molar-refractivity contribution in [3.63, 3.8) is 0 Å². The average Bonchev–Trinajstić information content (AvgIpc) is 3.11. The fourth-order valence-corrected chi connectivity index (χ4v) is 3.52. The van der Waals surface area contributed by atoms with E-state index in [4.69, 9.17) is 18.9 Å². The van der Waals surface area contributed by atoms with Crippen molar-refractivity contribution in [3.05, 3.63) is 29.8 Å². The van der Waals surface area contributed by atoms with E-state index in [9.17, 15) is 9.59 Å². The summed E-state index contributed by atoms with van der Waals surface area (Å²) in [5, 5.41) is 2.67. The molecule has 2 aromatic rings. The van der Waals surface area contributed by atoms with Crippen molar-refractivity contribution in [2.75, 3.05) is 27.1 Å². The van der Waals surface area contributed by atoms with Crippen LogP contribution in [0.1, 0.15) is 16.8 Å². The first kappa shape index (κ1) is 19.7. The molecule has 10 heteroatoms. The van der Waals surface area contributed by atoms with E-state index in [0.717, 1.165) is 0 Å². The van der Waals surface area contributed by atoms with E-state index in [2.05, 4.69) is 15.3 Å². The Balaban J connectivity index is 1.93. The molecule has 0 aliphatic carbocycles. The van der Waals surface area contributed by atoms with E-state index in [0.29, 0.717) is 17.9 Å². The Morgan fingerprint density at radius 3 is 2.36 bits per heavy atom. The van der Waals surface area contributed by atoms with Gasteiger partial charge in [0.15, 0.2) is 0 Å². The molecule has 0 radical (unpaired) electrons. The van der Waals surface area contributed by atoms with Gasteiger partial charge in [0.05, 0.1) is 33.4 Å². The summed E-state index contributed by atoms with van der Waals surface area (Å²) >= 11 is 1.20. The third-order valence-corrected chi connectivity index (χ3v) is 4.96. The molecule has 1 N–H and O–H groups in total. The molecule has 0 bridgehead atoms. The molecule has 1 aromatic carbocycles. The zero-order valence-corrected chi connectivity index (χ0v) is 16.4. The average molecular weight is 405 g/mol. The summed E-state index contributed by atoms with van der Waals surface area (Å²) in [5.74, 6) is 1.14. The third kappa shape index (κ3) is 4.28. The standard InChI is InChI=1S/C18H19N3O6S/c1-24-11-5-4-6-12(15(11)16(22)19-10-7-8-28-17(10)23)27-18-20-13(25-2)9-14(21-18)26-3/h4-6,9-10H,7-8H2,1-3H3,(H,19,22). The maximum absolute atomic E-state index is 12.9. The Hall–Kier alpha value is -3.01. The van der Waals surface area contributed by atoms with Gasteiger partial charge in [0, 0.05) is 5.75 Å². The van der Waals surface area contributed by atoms with Crippen LogP contribution in [0.4, 0.5) is 0 Å². The Kier molecular flexibility index (Phi) is 6.19. The lowest BCUT2D eigenvalue weighted by Gasteiger charge is -2.16. The number of hydrogen-bond acceptors (Lipinski definition) is 9. The van der Waals surface area contributed by atoms with Crippen LogP contribution in [0.5, 0.6) is 29.3 Å². The smallest absolute Gasteiger partial charge is 0.328 e. The van der Waals surface area contributed by atoms with Gasteiger partial charge >= 0.3 is 6.01 Å². The number of hydrogen-bond donors (Lipinski definition) is 1. The first-order valence-corrected chi connectivity index (χ1v) is 9.33. The zero-order chi connectivity index (χ0) is 20.1. The summed E-state index contributed by atoms with van der Waals surface area (Å²) in [6, 6.07) is 5.77. The van der Waals surface area contributed by atoms with Gasteiger partial charge < -0.3 is 24.3 Å². The highest BCUT2D eigenvalue weighted by Crippen LogP contribution is 2.32. The molecule has 3 rings (SSSR count). The lowest BCUT2D eigenvalue weighted by molar-refractivity contribution is -0.112. The quantitative estimate of drug-likeness (QED) is 0.740. The predicted octanol–water partition coefficient (Wildman–Crippen LogP) is 2.06. The highest BCUT2D eigenvalue weighted by molar-refractivity contribution is 8.14. The molecule has 0 saturated carbocycles. The molecule has 148 valence electrons. The van der Waals surface area contributed by atoms with Crippen molar-refractivity contribution >= 4 is 22.8 Å². The van der Waals surface area contributed by atoms with Crippen molar-refractivity contribution in [2.45, 2.75) is 12.5 Å². The lowest BCUT2D eigenvalue weighted by atomic mass is 10.1. The number of thioether (sulfide) groups is 1. The normalized spacial score (nSPS) is 15.8. The number of benzene rings is 1. The molecule has 1 saturated heterocycles. The molecule has 1 atom stereocenters. The van der Waals surface area contributed by atoms with Crippen LogP contribution < -0.4 is 24.3 Å². The molecular weight excluding hydrogens is 386 g/mol. The van der Waals surface area contributed by atoms with E-state index in [1.54, 1.807) is 18.2 Å². The summed E-state index contributed by atoms with van der Waals surface area (Å²) in [5.41, 5.74) is 0.139. The summed E-state index contributed by atoms with van der Waals surface area (Å²) in [6.45, 7) is 0. The zero-order valence-electron chi connectivity index (χ0n) is 15.6. The summed E-state index contributed by atoms with van der Waals surface area (Å²) in [4.78, 5) is 32.9. The van der Waals surface area contributed by atoms with E-state index >= 15 is 0 Å². The molecule has 28 heavy (non-hydrogen) atoms. The van der Waals surface area contributed by atoms with Gasteiger partial charge in [0.2, 0.25) is 16.9 Å². The molecule has 1 aromatic heterocycles. The highest BCUT2D eigenvalue weighted by Gasteiger charge is 2.29. The first-order valence-electron chi connectivity index (χ1n) is 8.35. The van der Waals surface area contributed by atoms with Gasteiger partial charge in [-0.15, -0.1) is 0 Å². The number of aromatic nitrogens is 2. The molecule has 2 heterocycles. The van der Waals surface area contributed by atoms with Crippen LogP contribution in [0.3, 0.4) is 0 Å². The molecule has 1 aliphatic heterocycles. The third-order valence-electron chi connectivity index (χ3n) is 3.95. The molecule has 1 fully saturated rings. The number of nitrogens with zero attached hydrogens (tertiary/aromatic N) is 2. The van der Waals surface area contributed by atoms with Crippen LogP contribution >= 0.6 is 11.8 Å². The van der Waals surface area contributed by atoms with Crippen LogP contribution in [0.15, 0.2) is 24.3 Å². The second-order valence-corrected chi connectivity index (χ2v) is 6.75. The van der Waals surface area contributed by atoms with Gasteiger partial charge in [0.25, 0.3) is 5.91 Å². The number of nitrogens with one attached hydrogen (secondary N) is 1. The minimum atomic E-state index is -0.538. The monoisotopic (exact) mass is 405 g/mol. The Labute approximate surface area is 165 Å². The second kappa shape index (κ2) is 8.79. The molecular formula is C18H19N3O6S. The maximum atomic E-state index is 12.9. The van der Waals surface area contributed by atoms with Gasteiger partial charge in [-0.1, -0.05) is 17.8 Å². The Morgan fingerprint density at radius 1 is 1.11 bits per heavy atom. The van der Waals surface area contributed by atoms with Gasteiger partial charge in [-0.3, -0.25) is 9.59 Å². The minimum absolute atomic E-state index is 0.0634. The van der Waals surface area contributed by atoms with E-state index in [1.165, 1.54) is 39.2 Å². The molecule has 1 unspecified atom stereocenters. The number of carbonyl (C=O) groups excluding carboxylic acids is 2. The number of ether oxygens (including phenoxy) is 4. The fourth-order valence-electron chi connectivity index (χ4n) is 2.58. The SMILES string of the molecule is COc1cc(OC)nc(Oc2cccc(OC)c2C(=O)NC2CCSC2=O)n1. The van der Waals surface area contributed by atoms with Crippen LogP contribution in [-0.4, -0.2) is 54.1 Å². The first-order chi connectivity index (χ1) is 13.5. The number of methoxy groups -OCH3 is 3. The van der Waals surface area contributed by atoms with E-state index in [1.807, 2.05) is 0 Å². The van der Waals surface area contributed by atoms with Gasteiger partial charge in [-0.25, -0.2) is 0 Å². The van der Waals surface area contributed by atoms with Crippen LogP contribution in [0.25, 0.3) is 0 Å². The summed E-state index contributed by atoms with van der Waals surface area (Å²) in [7, 11) is 4.34. The molecule has 9 nitrogen and oxygen atoms in total. The van der Waals surface area contributed by atoms with Gasteiger partial charge in [-0.05, 0) is 18.6 Å². The maximum Gasteiger partial charge on any atom is 0.328 e. The predicted molar refractivity (Wildman–Crippen MR) is 102 cm³/mol. The van der Waals surface area contributed by atoms with Crippen LogP contribution in [0.2, 0.25) is 0 Å². The Bertz CT molecular complexity index is 869. The van der Waals surface area contributed by atoms with Crippen molar-refractivity contribution in [1.82, 2.24) is 15.3 Å². The lowest BCUT2D eigenvalue weighted by Crippen LogP contribution is -2.37. The largest absolute Gasteiger partial charge is 0.496 e. The van der Waals surface area contributed by atoms with E-state index in [-0.39, 0.29) is 34.2 Å². The van der Waals surface area contributed by atoms with Crippen molar-refractivity contribution in [1.29, 1.82) is 0 Å². The van der Waals surface area contributed by atoms with Crippen molar-refractivity contribution in [2.24, 2.45) is 0 Å². The Morgan fingerprint density at radius 2 is 1.79 bits per heavy atom. The number of amides is 1. The van der Waals surface area contributed by atoms with Crippen LogP contribution in [0, 0.1) is 0 Å². The molecule has 1 amide bonds. The summed E-state index contributed by atoms with van der Waals surface area (Å²) < 4.78 is 21.2. The minimum Gasteiger partial charge on any atom is -0.496 e. The summed E-state index contributed by atoms with van der Waals surface area (Å²) in [6.07, 6.45) is 0.580. The van der Waals surface area contributed by atoms with E-state index < -0.39 is 11.9 Å². The van der Waals surface area contributed by atoms with Crippen molar-refractivity contribution < 1.29 is 28.5 Å². The topological polar surface area (TPSA) is 109 Å².